The standard InChI is InChI=1S/C16H20BrNO/c17-9-12-4-6-15(7-5-12)16(19)18-10-13-2-1-3-14(8-13)11-18/h4-7,13-14H,1-3,8-11H2. The summed E-state index contributed by atoms with van der Waals surface area (Å²) in [5.74, 6) is 1.72. The lowest BCUT2D eigenvalue weighted by Gasteiger charge is -2.41. The Balaban J connectivity index is 1.72. The molecule has 3 heteroatoms. The van der Waals surface area contributed by atoms with Gasteiger partial charge in [-0.3, -0.25) is 4.79 Å². The van der Waals surface area contributed by atoms with Crippen LogP contribution in [0.3, 0.4) is 0 Å². The van der Waals surface area contributed by atoms with Crippen LogP contribution in [0.4, 0.5) is 0 Å². The number of carbonyl (C=O) groups excluding carboxylic acids is 1. The molecule has 1 heterocycles. The first-order valence-corrected chi connectivity index (χ1v) is 8.32. The van der Waals surface area contributed by atoms with Gasteiger partial charge < -0.3 is 4.90 Å². The van der Waals surface area contributed by atoms with Gasteiger partial charge in [0.2, 0.25) is 0 Å². The average Bonchev–Trinajstić information content (AvgIpc) is 2.46. The van der Waals surface area contributed by atoms with Crippen molar-refractivity contribution in [2.24, 2.45) is 11.8 Å². The van der Waals surface area contributed by atoms with E-state index in [-0.39, 0.29) is 5.91 Å². The molecule has 19 heavy (non-hydrogen) atoms. The Morgan fingerprint density at radius 1 is 1.16 bits per heavy atom. The van der Waals surface area contributed by atoms with Crippen LogP contribution >= 0.6 is 15.9 Å². The molecule has 2 nitrogen and oxygen atoms in total. The predicted molar refractivity (Wildman–Crippen MR) is 80.4 cm³/mol. The minimum Gasteiger partial charge on any atom is -0.338 e. The van der Waals surface area contributed by atoms with Gasteiger partial charge >= 0.3 is 0 Å². The van der Waals surface area contributed by atoms with E-state index in [0.717, 1.165) is 35.8 Å². The smallest absolute Gasteiger partial charge is 0.253 e. The molecule has 102 valence electrons. The van der Waals surface area contributed by atoms with Gasteiger partial charge in [0.25, 0.3) is 5.91 Å². The second-order valence-electron chi connectivity index (χ2n) is 5.94. The van der Waals surface area contributed by atoms with Crippen molar-refractivity contribution < 1.29 is 4.79 Å². The molecule has 1 aliphatic heterocycles. The van der Waals surface area contributed by atoms with E-state index in [0.29, 0.717) is 0 Å². The normalized spacial score (nSPS) is 26.3. The molecule has 3 rings (SSSR count). The fourth-order valence-electron chi connectivity index (χ4n) is 3.52. The molecule has 1 saturated heterocycles. The van der Waals surface area contributed by atoms with Crippen LogP contribution in [0.1, 0.15) is 41.6 Å². The van der Waals surface area contributed by atoms with Crippen LogP contribution in [0, 0.1) is 11.8 Å². The maximum absolute atomic E-state index is 12.5. The topological polar surface area (TPSA) is 20.3 Å². The summed E-state index contributed by atoms with van der Waals surface area (Å²) >= 11 is 3.43. The highest BCUT2D eigenvalue weighted by Gasteiger charge is 2.32. The van der Waals surface area contributed by atoms with E-state index < -0.39 is 0 Å². The molecule has 2 atom stereocenters. The number of benzene rings is 1. The van der Waals surface area contributed by atoms with Gasteiger partial charge in [0, 0.05) is 24.0 Å². The number of fused-ring (bicyclic) bond motifs is 2. The molecule has 1 amide bonds. The molecule has 2 bridgehead atoms. The lowest BCUT2D eigenvalue weighted by Crippen LogP contribution is -2.45. The van der Waals surface area contributed by atoms with Crippen LogP contribution in [-0.4, -0.2) is 23.9 Å². The third kappa shape index (κ3) is 2.86. The molecule has 1 aromatic carbocycles. The summed E-state index contributed by atoms with van der Waals surface area (Å²) in [6, 6.07) is 7.99. The number of alkyl halides is 1. The molecule has 0 radical (unpaired) electrons. The molecular formula is C16H20BrNO. The van der Waals surface area contributed by atoms with Crippen molar-refractivity contribution in [1.82, 2.24) is 4.90 Å². The maximum atomic E-state index is 12.5. The van der Waals surface area contributed by atoms with E-state index in [2.05, 4.69) is 20.8 Å². The van der Waals surface area contributed by atoms with Gasteiger partial charge in [0.1, 0.15) is 0 Å². The van der Waals surface area contributed by atoms with Crippen LogP contribution < -0.4 is 0 Å². The molecule has 1 aliphatic carbocycles. The Morgan fingerprint density at radius 2 is 1.79 bits per heavy atom. The number of rotatable bonds is 2. The number of carbonyl (C=O) groups is 1. The summed E-state index contributed by atoms with van der Waals surface area (Å²) < 4.78 is 0. The highest BCUT2D eigenvalue weighted by atomic mass is 79.9. The van der Waals surface area contributed by atoms with Crippen molar-refractivity contribution in [3.63, 3.8) is 0 Å². The lowest BCUT2D eigenvalue weighted by atomic mass is 9.78. The van der Waals surface area contributed by atoms with Crippen LogP contribution in [0.2, 0.25) is 0 Å². The summed E-state index contributed by atoms with van der Waals surface area (Å²) in [4.78, 5) is 14.6. The monoisotopic (exact) mass is 321 g/mol. The Bertz CT molecular complexity index is 444. The molecule has 2 fully saturated rings. The van der Waals surface area contributed by atoms with Crippen LogP contribution in [0.15, 0.2) is 24.3 Å². The first-order chi connectivity index (χ1) is 9.26. The van der Waals surface area contributed by atoms with Gasteiger partial charge in [-0.15, -0.1) is 0 Å². The molecule has 2 unspecified atom stereocenters. The predicted octanol–water partition coefficient (Wildman–Crippen LogP) is 3.84. The summed E-state index contributed by atoms with van der Waals surface area (Å²) in [5.41, 5.74) is 2.05. The number of amides is 1. The van der Waals surface area contributed by atoms with E-state index in [1.165, 1.54) is 31.2 Å². The fourth-order valence-corrected chi connectivity index (χ4v) is 3.89. The lowest BCUT2D eigenvalue weighted by molar-refractivity contribution is 0.0504. The Kier molecular flexibility index (Phi) is 3.92. The average molecular weight is 322 g/mol. The zero-order valence-corrected chi connectivity index (χ0v) is 12.7. The largest absolute Gasteiger partial charge is 0.338 e. The molecule has 1 saturated carbocycles. The molecule has 0 spiro atoms. The Hall–Kier alpha value is -0.830. The molecule has 2 aliphatic rings. The molecule has 0 N–H and O–H groups in total. The number of hydrogen-bond acceptors (Lipinski definition) is 1. The van der Waals surface area contributed by atoms with Gasteiger partial charge in [-0.05, 0) is 48.8 Å². The Labute approximate surface area is 123 Å². The summed E-state index contributed by atoms with van der Waals surface area (Å²) in [6.07, 6.45) is 5.31. The first kappa shape index (κ1) is 13.2. The van der Waals surface area contributed by atoms with Crippen molar-refractivity contribution in [1.29, 1.82) is 0 Å². The first-order valence-electron chi connectivity index (χ1n) is 7.20. The minimum absolute atomic E-state index is 0.220. The van der Waals surface area contributed by atoms with Gasteiger partial charge in [0.15, 0.2) is 0 Å². The van der Waals surface area contributed by atoms with Crippen molar-refractivity contribution in [3.05, 3.63) is 35.4 Å². The molecular weight excluding hydrogens is 302 g/mol. The van der Waals surface area contributed by atoms with Crippen LogP contribution in [-0.2, 0) is 5.33 Å². The number of piperidine rings is 1. The quantitative estimate of drug-likeness (QED) is 0.758. The van der Waals surface area contributed by atoms with Crippen molar-refractivity contribution in [2.75, 3.05) is 13.1 Å². The zero-order chi connectivity index (χ0) is 13.2. The van der Waals surface area contributed by atoms with Gasteiger partial charge in [-0.1, -0.05) is 34.5 Å². The van der Waals surface area contributed by atoms with Gasteiger partial charge in [0.05, 0.1) is 0 Å². The van der Waals surface area contributed by atoms with E-state index >= 15 is 0 Å². The van der Waals surface area contributed by atoms with Crippen molar-refractivity contribution in [3.8, 4) is 0 Å². The van der Waals surface area contributed by atoms with Crippen molar-refractivity contribution >= 4 is 21.8 Å². The fraction of sp³-hybridized carbons (Fsp3) is 0.562. The third-order valence-electron chi connectivity index (χ3n) is 4.49. The SMILES string of the molecule is O=C(c1ccc(CBr)cc1)N1CC2CCCC(C2)C1. The van der Waals surface area contributed by atoms with E-state index in [9.17, 15) is 4.79 Å². The highest BCUT2D eigenvalue weighted by molar-refractivity contribution is 9.08. The second kappa shape index (κ2) is 5.66. The zero-order valence-electron chi connectivity index (χ0n) is 11.1. The van der Waals surface area contributed by atoms with E-state index in [1.807, 2.05) is 24.3 Å². The number of likely N-dealkylation sites (tertiary alicyclic amines) is 1. The van der Waals surface area contributed by atoms with E-state index in [1.54, 1.807) is 0 Å². The summed E-state index contributed by atoms with van der Waals surface area (Å²) in [6.45, 7) is 1.94. The third-order valence-corrected chi connectivity index (χ3v) is 5.14. The second-order valence-corrected chi connectivity index (χ2v) is 6.50. The summed E-state index contributed by atoms with van der Waals surface area (Å²) in [5, 5.41) is 0.843. The van der Waals surface area contributed by atoms with Crippen molar-refractivity contribution in [2.45, 2.75) is 31.0 Å². The number of halogens is 1. The van der Waals surface area contributed by atoms with Gasteiger partial charge in [-0.2, -0.15) is 0 Å². The summed E-state index contributed by atoms with van der Waals surface area (Å²) in [7, 11) is 0. The minimum atomic E-state index is 0.220. The van der Waals surface area contributed by atoms with Gasteiger partial charge in [-0.25, -0.2) is 0 Å². The highest BCUT2D eigenvalue weighted by Crippen LogP contribution is 2.34. The number of nitrogens with zero attached hydrogens (tertiary/aromatic N) is 1. The van der Waals surface area contributed by atoms with Crippen LogP contribution in [0.25, 0.3) is 0 Å². The van der Waals surface area contributed by atoms with E-state index in [4.69, 9.17) is 0 Å². The number of hydrogen-bond donors (Lipinski definition) is 0. The molecule has 1 aromatic rings. The van der Waals surface area contributed by atoms with Crippen LogP contribution in [0.5, 0.6) is 0 Å². The molecule has 0 aromatic heterocycles. The Morgan fingerprint density at radius 3 is 2.37 bits per heavy atom. The maximum Gasteiger partial charge on any atom is 0.253 e.